The fraction of sp³-hybridized carbons (Fsp3) is 0.200. The van der Waals surface area contributed by atoms with Crippen molar-refractivity contribution in [3.63, 3.8) is 0 Å². The van der Waals surface area contributed by atoms with Crippen LogP contribution in [0, 0.1) is 6.92 Å². The summed E-state index contributed by atoms with van der Waals surface area (Å²) in [6.07, 6.45) is 0. The molecule has 2 rings (SSSR count). The smallest absolute Gasteiger partial charge is 0.285 e. The number of carbonyl (C=O) groups is 2. The molecule has 0 fully saturated rings. The Morgan fingerprint density at radius 3 is 2.68 bits per heavy atom. The molecule has 2 amide bonds. The van der Waals surface area contributed by atoms with Gasteiger partial charge in [-0.1, -0.05) is 23.7 Å². The van der Waals surface area contributed by atoms with Crippen molar-refractivity contribution >= 4 is 39.8 Å². The van der Waals surface area contributed by atoms with Crippen LogP contribution in [-0.4, -0.2) is 18.4 Å². The molecule has 0 atom stereocenters. The van der Waals surface area contributed by atoms with Gasteiger partial charge in [0.25, 0.3) is 11.8 Å². The number of thiophene rings is 1. The first kappa shape index (κ1) is 16.5. The summed E-state index contributed by atoms with van der Waals surface area (Å²) in [4.78, 5) is 29.4. The Kier molecular flexibility index (Phi) is 5.54. The minimum Gasteiger partial charge on any atom is -0.313 e. The van der Waals surface area contributed by atoms with Gasteiger partial charge < -0.3 is 5.32 Å². The molecule has 0 aliphatic carbocycles. The van der Waals surface area contributed by atoms with E-state index in [1.165, 1.54) is 11.3 Å². The number of hydrogen-bond donors (Lipinski definition) is 2. The molecule has 22 heavy (non-hydrogen) atoms. The number of nitrogens with one attached hydrogen (secondary N) is 2. The van der Waals surface area contributed by atoms with Crippen molar-refractivity contribution in [1.82, 2.24) is 5.48 Å². The predicted molar refractivity (Wildman–Crippen MR) is 87.6 cm³/mol. The molecule has 0 spiro atoms. The topological polar surface area (TPSA) is 67.4 Å². The second kappa shape index (κ2) is 7.40. The number of halogens is 1. The minimum atomic E-state index is -0.331. The average Bonchev–Trinajstić information content (AvgIpc) is 2.85. The van der Waals surface area contributed by atoms with Crippen LogP contribution in [0.1, 0.15) is 32.5 Å². The predicted octanol–water partition coefficient (Wildman–Crippen LogP) is 3.64. The maximum Gasteiger partial charge on any atom is 0.285 e. The number of anilines is 1. The molecule has 0 aliphatic rings. The highest BCUT2D eigenvalue weighted by molar-refractivity contribution is 7.18. The molecular weight excluding hydrogens is 324 g/mol. The van der Waals surface area contributed by atoms with Crippen molar-refractivity contribution in [3.8, 4) is 0 Å². The van der Waals surface area contributed by atoms with Gasteiger partial charge in [-0.05, 0) is 37.6 Å². The Hall–Kier alpha value is -1.89. The summed E-state index contributed by atoms with van der Waals surface area (Å²) < 4.78 is 0. The number of hydroxylamine groups is 1. The zero-order valence-electron chi connectivity index (χ0n) is 12.1. The molecule has 0 saturated heterocycles. The Bertz CT molecular complexity index is 700. The quantitative estimate of drug-likeness (QED) is 0.818. The standard InChI is InChI=1S/C15H15ClN2O3S/c1-3-21-18-15(20)13-9(2)8-12(22-13)17-14(19)10-6-4-5-7-11(10)16/h4-8H,3H2,1-2H3,(H,17,19)(H,18,20). The third-order valence-corrected chi connectivity index (χ3v) is 4.27. The molecule has 7 heteroatoms. The van der Waals surface area contributed by atoms with Gasteiger partial charge in [0.2, 0.25) is 0 Å². The van der Waals surface area contributed by atoms with Gasteiger partial charge in [0.05, 0.1) is 27.1 Å². The fourth-order valence-corrected chi connectivity index (χ4v) is 2.95. The summed E-state index contributed by atoms with van der Waals surface area (Å²) in [5.74, 6) is -0.647. The molecule has 0 radical (unpaired) electrons. The third kappa shape index (κ3) is 3.85. The zero-order chi connectivity index (χ0) is 16.1. The number of benzene rings is 1. The van der Waals surface area contributed by atoms with Gasteiger partial charge in [0.1, 0.15) is 0 Å². The molecule has 1 aromatic heterocycles. The summed E-state index contributed by atoms with van der Waals surface area (Å²) >= 11 is 7.17. The normalized spacial score (nSPS) is 10.3. The molecule has 2 aromatic rings. The van der Waals surface area contributed by atoms with E-state index in [-0.39, 0.29) is 11.8 Å². The van der Waals surface area contributed by atoms with Crippen LogP contribution in [0.3, 0.4) is 0 Å². The second-order valence-corrected chi connectivity index (χ2v) is 5.88. The Labute approximate surface area is 137 Å². The van der Waals surface area contributed by atoms with Crippen LogP contribution in [0.4, 0.5) is 5.00 Å². The first-order chi connectivity index (χ1) is 10.5. The Morgan fingerprint density at radius 2 is 2.00 bits per heavy atom. The lowest BCUT2D eigenvalue weighted by Gasteiger charge is -2.04. The molecule has 5 nitrogen and oxygen atoms in total. The van der Waals surface area contributed by atoms with Crippen LogP contribution in [0.15, 0.2) is 30.3 Å². The lowest BCUT2D eigenvalue weighted by molar-refractivity contribution is 0.0368. The number of hydrogen-bond acceptors (Lipinski definition) is 4. The van der Waals surface area contributed by atoms with Crippen LogP contribution >= 0.6 is 22.9 Å². The molecule has 0 saturated carbocycles. The van der Waals surface area contributed by atoms with Gasteiger partial charge in [-0.2, -0.15) is 0 Å². The third-order valence-electron chi connectivity index (χ3n) is 2.79. The largest absolute Gasteiger partial charge is 0.313 e. The van der Waals surface area contributed by atoms with E-state index in [1.54, 1.807) is 44.2 Å². The molecule has 0 unspecified atom stereocenters. The maximum atomic E-state index is 12.2. The summed E-state index contributed by atoms with van der Waals surface area (Å²) in [6.45, 7) is 3.95. The summed E-state index contributed by atoms with van der Waals surface area (Å²) in [5.41, 5.74) is 3.48. The Balaban J connectivity index is 2.13. The van der Waals surface area contributed by atoms with E-state index >= 15 is 0 Å². The lowest BCUT2D eigenvalue weighted by atomic mass is 10.2. The van der Waals surface area contributed by atoms with Gasteiger partial charge in [0, 0.05) is 0 Å². The molecule has 0 bridgehead atoms. The van der Waals surface area contributed by atoms with Crippen LogP contribution in [0.5, 0.6) is 0 Å². The van der Waals surface area contributed by atoms with Crippen LogP contribution in [0.25, 0.3) is 0 Å². The summed E-state index contributed by atoms with van der Waals surface area (Å²) in [7, 11) is 0. The summed E-state index contributed by atoms with van der Waals surface area (Å²) in [5, 5.41) is 3.70. The molecule has 0 aliphatic heterocycles. The highest BCUT2D eigenvalue weighted by atomic mass is 35.5. The monoisotopic (exact) mass is 338 g/mol. The number of rotatable bonds is 5. The van der Waals surface area contributed by atoms with Gasteiger partial charge in [-0.25, -0.2) is 5.48 Å². The van der Waals surface area contributed by atoms with E-state index in [0.29, 0.717) is 27.1 Å². The van der Waals surface area contributed by atoms with Crippen molar-refractivity contribution in [3.05, 3.63) is 51.4 Å². The van der Waals surface area contributed by atoms with Crippen molar-refractivity contribution in [1.29, 1.82) is 0 Å². The fourth-order valence-electron chi connectivity index (χ4n) is 1.78. The summed E-state index contributed by atoms with van der Waals surface area (Å²) in [6, 6.07) is 8.52. The highest BCUT2D eigenvalue weighted by Crippen LogP contribution is 2.27. The van der Waals surface area contributed by atoms with E-state index in [4.69, 9.17) is 16.4 Å². The molecule has 2 N–H and O–H groups in total. The first-order valence-corrected chi connectivity index (χ1v) is 7.80. The van der Waals surface area contributed by atoms with E-state index in [2.05, 4.69) is 10.8 Å². The van der Waals surface area contributed by atoms with E-state index < -0.39 is 0 Å². The van der Waals surface area contributed by atoms with Gasteiger partial charge >= 0.3 is 0 Å². The first-order valence-electron chi connectivity index (χ1n) is 6.61. The number of aryl methyl sites for hydroxylation is 1. The average molecular weight is 339 g/mol. The van der Waals surface area contributed by atoms with Crippen LogP contribution in [0.2, 0.25) is 5.02 Å². The van der Waals surface area contributed by atoms with Gasteiger partial charge in [-0.3, -0.25) is 14.4 Å². The second-order valence-electron chi connectivity index (χ2n) is 4.42. The van der Waals surface area contributed by atoms with E-state index in [1.807, 2.05) is 0 Å². The van der Waals surface area contributed by atoms with Crippen molar-refractivity contribution in [2.24, 2.45) is 0 Å². The van der Waals surface area contributed by atoms with E-state index in [9.17, 15) is 9.59 Å². The van der Waals surface area contributed by atoms with Gasteiger partial charge in [-0.15, -0.1) is 11.3 Å². The highest BCUT2D eigenvalue weighted by Gasteiger charge is 2.16. The van der Waals surface area contributed by atoms with Gasteiger partial charge in [0.15, 0.2) is 0 Å². The number of carbonyl (C=O) groups excluding carboxylic acids is 2. The zero-order valence-corrected chi connectivity index (χ0v) is 13.7. The van der Waals surface area contributed by atoms with E-state index in [0.717, 1.165) is 5.56 Å². The van der Waals surface area contributed by atoms with Crippen molar-refractivity contribution in [2.75, 3.05) is 11.9 Å². The van der Waals surface area contributed by atoms with Crippen LogP contribution in [-0.2, 0) is 4.84 Å². The molecular formula is C15H15ClN2O3S. The van der Waals surface area contributed by atoms with Crippen molar-refractivity contribution < 1.29 is 14.4 Å². The Morgan fingerprint density at radius 1 is 1.27 bits per heavy atom. The minimum absolute atomic E-state index is 0.316. The molecule has 1 heterocycles. The van der Waals surface area contributed by atoms with Crippen molar-refractivity contribution in [2.45, 2.75) is 13.8 Å². The SMILES string of the molecule is CCONC(=O)c1sc(NC(=O)c2ccccc2Cl)cc1C. The number of amides is 2. The lowest BCUT2D eigenvalue weighted by Crippen LogP contribution is -2.23. The molecule has 116 valence electrons. The van der Waals surface area contributed by atoms with Crippen LogP contribution < -0.4 is 10.8 Å². The maximum absolute atomic E-state index is 12.2. The molecule has 1 aromatic carbocycles.